The Morgan fingerprint density at radius 2 is 1.77 bits per heavy atom. The standard InChI is InChI=1S/C22H28BrN3O3S/c1-16-3-6-20(7-4-16)30(28,29)26-13-10-18(11-14-26)9-12-24-22(27)25-19-5-8-21(23)17(2)15-19/h3-8,15,18H,9-14H2,1-2H3,(H2,24,25,27). The topological polar surface area (TPSA) is 78.5 Å². The van der Waals surface area contributed by atoms with Crippen LogP contribution < -0.4 is 10.6 Å². The summed E-state index contributed by atoms with van der Waals surface area (Å²) < 4.78 is 28.1. The van der Waals surface area contributed by atoms with Crippen LogP contribution in [-0.2, 0) is 10.0 Å². The molecule has 1 heterocycles. The first-order chi connectivity index (χ1) is 14.3. The summed E-state index contributed by atoms with van der Waals surface area (Å²) in [5.74, 6) is 0.407. The van der Waals surface area contributed by atoms with Gasteiger partial charge in [-0.25, -0.2) is 13.2 Å². The van der Waals surface area contributed by atoms with E-state index >= 15 is 0 Å². The van der Waals surface area contributed by atoms with Gasteiger partial charge in [-0.05, 0) is 74.9 Å². The Morgan fingerprint density at radius 3 is 2.40 bits per heavy atom. The van der Waals surface area contributed by atoms with Gasteiger partial charge in [0.2, 0.25) is 10.0 Å². The molecule has 6 nitrogen and oxygen atoms in total. The summed E-state index contributed by atoms with van der Waals surface area (Å²) in [5.41, 5.74) is 2.85. The number of nitrogens with one attached hydrogen (secondary N) is 2. The molecule has 30 heavy (non-hydrogen) atoms. The highest BCUT2D eigenvalue weighted by molar-refractivity contribution is 9.10. The van der Waals surface area contributed by atoms with Gasteiger partial charge in [-0.1, -0.05) is 33.6 Å². The van der Waals surface area contributed by atoms with Crippen LogP contribution in [0, 0.1) is 19.8 Å². The summed E-state index contributed by atoms with van der Waals surface area (Å²) in [7, 11) is -3.43. The molecule has 0 bridgehead atoms. The maximum absolute atomic E-state index is 12.8. The highest BCUT2D eigenvalue weighted by Gasteiger charge is 2.29. The van der Waals surface area contributed by atoms with Crippen molar-refractivity contribution < 1.29 is 13.2 Å². The molecule has 3 rings (SSSR count). The number of carbonyl (C=O) groups is 1. The second kappa shape index (κ2) is 9.94. The fraction of sp³-hybridized carbons (Fsp3) is 0.409. The Labute approximate surface area is 187 Å². The second-order valence-electron chi connectivity index (χ2n) is 7.79. The molecule has 2 N–H and O–H groups in total. The first kappa shape index (κ1) is 22.8. The van der Waals surface area contributed by atoms with Crippen LogP contribution in [0.15, 0.2) is 51.8 Å². The predicted octanol–water partition coefficient (Wildman–Crippen LogP) is 4.68. The van der Waals surface area contributed by atoms with Crippen LogP contribution in [0.3, 0.4) is 0 Å². The lowest BCUT2D eigenvalue weighted by molar-refractivity contribution is 0.245. The molecule has 2 aromatic rings. The largest absolute Gasteiger partial charge is 0.338 e. The Balaban J connectivity index is 1.42. The molecule has 2 aromatic carbocycles. The maximum atomic E-state index is 12.8. The zero-order valence-electron chi connectivity index (χ0n) is 17.3. The number of anilines is 1. The number of sulfonamides is 1. The maximum Gasteiger partial charge on any atom is 0.319 e. The molecular formula is C22H28BrN3O3S. The number of nitrogens with zero attached hydrogens (tertiary/aromatic N) is 1. The summed E-state index contributed by atoms with van der Waals surface area (Å²) in [6, 6.07) is 12.4. The summed E-state index contributed by atoms with van der Waals surface area (Å²) in [6.07, 6.45) is 2.45. The molecule has 2 amide bonds. The number of halogens is 1. The number of amides is 2. The first-order valence-corrected chi connectivity index (χ1v) is 12.4. The molecule has 1 fully saturated rings. The van der Waals surface area contributed by atoms with Crippen molar-refractivity contribution in [1.82, 2.24) is 9.62 Å². The van der Waals surface area contributed by atoms with E-state index in [1.807, 2.05) is 44.2 Å². The van der Waals surface area contributed by atoms with Gasteiger partial charge in [0, 0.05) is 29.8 Å². The average molecular weight is 494 g/mol. The van der Waals surface area contributed by atoms with Crippen LogP contribution >= 0.6 is 15.9 Å². The number of hydrogen-bond acceptors (Lipinski definition) is 3. The Hall–Kier alpha value is -1.90. The van der Waals surface area contributed by atoms with E-state index in [4.69, 9.17) is 0 Å². The smallest absolute Gasteiger partial charge is 0.319 e. The van der Waals surface area contributed by atoms with Gasteiger partial charge in [-0.3, -0.25) is 0 Å². The molecule has 162 valence electrons. The number of piperidine rings is 1. The molecule has 0 aromatic heterocycles. The Bertz CT molecular complexity index is 985. The van der Waals surface area contributed by atoms with Gasteiger partial charge in [0.1, 0.15) is 0 Å². The lowest BCUT2D eigenvalue weighted by atomic mass is 9.95. The minimum Gasteiger partial charge on any atom is -0.338 e. The van der Waals surface area contributed by atoms with E-state index in [2.05, 4.69) is 26.6 Å². The highest BCUT2D eigenvalue weighted by atomic mass is 79.9. The van der Waals surface area contributed by atoms with Crippen molar-refractivity contribution in [1.29, 1.82) is 0 Å². The zero-order chi connectivity index (χ0) is 21.7. The number of benzene rings is 2. The summed E-state index contributed by atoms with van der Waals surface area (Å²) >= 11 is 3.44. The van der Waals surface area contributed by atoms with Crippen molar-refractivity contribution >= 4 is 37.7 Å². The molecule has 1 aliphatic rings. The van der Waals surface area contributed by atoms with Gasteiger partial charge < -0.3 is 10.6 Å². The molecule has 0 aliphatic carbocycles. The third-order valence-corrected chi connectivity index (χ3v) is 8.29. The van der Waals surface area contributed by atoms with E-state index in [9.17, 15) is 13.2 Å². The summed E-state index contributed by atoms with van der Waals surface area (Å²) in [4.78, 5) is 12.4. The predicted molar refractivity (Wildman–Crippen MR) is 123 cm³/mol. The molecule has 0 saturated carbocycles. The summed E-state index contributed by atoms with van der Waals surface area (Å²) in [5, 5.41) is 5.73. The number of carbonyl (C=O) groups excluding carboxylic acids is 1. The van der Waals surface area contributed by atoms with Crippen molar-refractivity contribution in [3.63, 3.8) is 0 Å². The third-order valence-electron chi connectivity index (χ3n) is 5.49. The quantitative estimate of drug-likeness (QED) is 0.612. The lowest BCUT2D eigenvalue weighted by Gasteiger charge is -2.31. The van der Waals surface area contributed by atoms with Gasteiger partial charge >= 0.3 is 6.03 Å². The van der Waals surface area contributed by atoms with E-state index in [1.54, 1.807) is 16.4 Å². The first-order valence-electron chi connectivity index (χ1n) is 10.1. The Kier molecular flexibility index (Phi) is 7.55. The molecule has 0 radical (unpaired) electrons. The molecule has 0 unspecified atom stereocenters. The van der Waals surface area contributed by atoms with Crippen molar-refractivity contribution in [2.75, 3.05) is 25.0 Å². The molecule has 0 spiro atoms. The SMILES string of the molecule is Cc1ccc(S(=O)(=O)N2CCC(CCNC(=O)Nc3ccc(Br)c(C)c3)CC2)cc1. The van der Waals surface area contributed by atoms with Crippen LogP contribution in [0.4, 0.5) is 10.5 Å². The zero-order valence-corrected chi connectivity index (χ0v) is 19.7. The van der Waals surface area contributed by atoms with E-state index in [1.165, 1.54) is 0 Å². The van der Waals surface area contributed by atoms with Crippen LogP contribution in [0.2, 0.25) is 0 Å². The van der Waals surface area contributed by atoms with Gasteiger partial charge in [0.25, 0.3) is 0 Å². The van der Waals surface area contributed by atoms with Gasteiger partial charge in [-0.15, -0.1) is 0 Å². The van der Waals surface area contributed by atoms with E-state index in [0.29, 0.717) is 30.4 Å². The van der Waals surface area contributed by atoms with Crippen molar-refractivity contribution in [3.05, 3.63) is 58.1 Å². The third kappa shape index (κ3) is 5.83. The van der Waals surface area contributed by atoms with Gasteiger partial charge in [0.15, 0.2) is 0 Å². The summed E-state index contributed by atoms with van der Waals surface area (Å²) in [6.45, 7) is 5.52. The molecule has 8 heteroatoms. The number of urea groups is 1. The van der Waals surface area contributed by atoms with Crippen LogP contribution in [0.5, 0.6) is 0 Å². The van der Waals surface area contributed by atoms with Crippen molar-refractivity contribution in [3.8, 4) is 0 Å². The van der Waals surface area contributed by atoms with Crippen molar-refractivity contribution in [2.24, 2.45) is 5.92 Å². The fourth-order valence-corrected chi connectivity index (χ4v) is 5.30. The minimum atomic E-state index is -3.43. The minimum absolute atomic E-state index is 0.226. The van der Waals surface area contributed by atoms with Crippen LogP contribution in [0.25, 0.3) is 0 Å². The Morgan fingerprint density at radius 1 is 1.10 bits per heavy atom. The number of hydrogen-bond donors (Lipinski definition) is 2. The lowest BCUT2D eigenvalue weighted by Crippen LogP contribution is -2.39. The second-order valence-corrected chi connectivity index (χ2v) is 10.6. The highest BCUT2D eigenvalue weighted by Crippen LogP contribution is 2.25. The molecule has 0 atom stereocenters. The van der Waals surface area contributed by atoms with E-state index in [-0.39, 0.29) is 6.03 Å². The normalized spacial score (nSPS) is 15.7. The fourth-order valence-electron chi connectivity index (χ4n) is 3.59. The van der Waals surface area contributed by atoms with Crippen molar-refractivity contribution in [2.45, 2.75) is 38.0 Å². The molecular weight excluding hydrogens is 466 g/mol. The van der Waals surface area contributed by atoms with E-state index in [0.717, 1.165) is 40.5 Å². The average Bonchev–Trinajstić information content (AvgIpc) is 2.71. The van der Waals surface area contributed by atoms with E-state index < -0.39 is 10.0 Å². The van der Waals surface area contributed by atoms with Crippen LogP contribution in [0.1, 0.15) is 30.4 Å². The van der Waals surface area contributed by atoms with Crippen LogP contribution in [-0.4, -0.2) is 38.4 Å². The van der Waals surface area contributed by atoms with Gasteiger partial charge in [-0.2, -0.15) is 4.31 Å². The number of aryl methyl sites for hydroxylation is 2. The monoisotopic (exact) mass is 493 g/mol. The molecule has 1 saturated heterocycles. The molecule has 1 aliphatic heterocycles. The number of rotatable bonds is 6. The van der Waals surface area contributed by atoms with Gasteiger partial charge in [0.05, 0.1) is 4.90 Å².